The van der Waals surface area contributed by atoms with Crippen molar-refractivity contribution in [2.24, 2.45) is 5.73 Å². The molecule has 6 rings (SSSR count). The van der Waals surface area contributed by atoms with E-state index in [0.717, 1.165) is 25.0 Å². The number of aliphatic hydroxyl groups is 1. The number of fused-ring (bicyclic) bond motifs is 2. The predicted molar refractivity (Wildman–Crippen MR) is 152 cm³/mol. The van der Waals surface area contributed by atoms with Gasteiger partial charge in [0.05, 0.1) is 28.3 Å². The number of halogens is 7. The summed E-state index contributed by atoms with van der Waals surface area (Å²) < 4.78 is 80.3. The van der Waals surface area contributed by atoms with Crippen LogP contribution in [0.15, 0.2) is 36.5 Å². The van der Waals surface area contributed by atoms with E-state index in [9.17, 15) is 36.6 Å². The molecule has 4 N–H and O–H groups in total. The maximum Gasteiger partial charge on any atom is 0.424 e. The fraction of sp³-hybridized carbons (Fsp3) is 0.310. The lowest BCUT2D eigenvalue weighted by molar-refractivity contribution is -0.265. The minimum Gasteiger partial charge on any atom is -0.489 e. The Hall–Kier alpha value is -4.01. The molecular formula is C29H22Cl2F5N5O4. The summed E-state index contributed by atoms with van der Waals surface area (Å²) in [5, 5.41) is 17.7. The highest BCUT2D eigenvalue weighted by Gasteiger charge is 2.58. The first kappa shape index (κ1) is 31.0. The van der Waals surface area contributed by atoms with Gasteiger partial charge in [-0.3, -0.25) is 14.3 Å². The smallest absolute Gasteiger partial charge is 0.424 e. The molecule has 2 amide bonds. The Morgan fingerprint density at radius 2 is 1.84 bits per heavy atom. The lowest BCUT2D eigenvalue weighted by atomic mass is 9.81. The number of benzene rings is 2. The predicted octanol–water partition coefficient (Wildman–Crippen LogP) is 5.33. The molecule has 2 aromatic heterocycles. The summed E-state index contributed by atoms with van der Waals surface area (Å²) in [5.74, 6) is -4.74. The minimum atomic E-state index is -5.48. The van der Waals surface area contributed by atoms with Crippen molar-refractivity contribution >= 4 is 45.9 Å². The Morgan fingerprint density at radius 3 is 2.49 bits per heavy atom. The molecule has 1 unspecified atom stereocenters. The van der Waals surface area contributed by atoms with Gasteiger partial charge in [-0.1, -0.05) is 23.2 Å². The van der Waals surface area contributed by atoms with Crippen LogP contribution < -0.4 is 15.8 Å². The summed E-state index contributed by atoms with van der Waals surface area (Å²) >= 11 is 12.1. The number of hydrogen-bond donors (Lipinski definition) is 3. The summed E-state index contributed by atoms with van der Waals surface area (Å²) in [6.45, 7) is -0.630. The van der Waals surface area contributed by atoms with Crippen LogP contribution >= 0.6 is 23.2 Å². The normalized spacial score (nSPS) is 19.2. The maximum atomic E-state index is 15.0. The quantitative estimate of drug-likeness (QED) is 0.180. The van der Waals surface area contributed by atoms with Crippen LogP contribution in [-0.2, 0) is 15.8 Å². The van der Waals surface area contributed by atoms with Crippen LogP contribution in [0, 0.1) is 11.6 Å². The van der Waals surface area contributed by atoms with Crippen molar-refractivity contribution in [1.29, 1.82) is 0 Å². The highest BCUT2D eigenvalue weighted by molar-refractivity contribution is 6.35. The molecule has 9 nitrogen and oxygen atoms in total. The first-order valence-electron chi connectivity index (χ1n) is 13.4. The van der Waals surface area contributed by atoms with Crippen LogP contribution in [0.5, 0.6) is 5.75 Å². The van der Waals surface area contributed by atoms with Gasteiger partial charge in [0.15, 0.2) is 0 Å². The number of alkyl halides is 3. The van der Waals surface area contributed by atoms with Crippen LogP contribution in [0.3, 0.4) is 0 Å². The van der Waals surface area contributed by atoms with Gasteiger partial charge in [-0.2, -0.15) is 18.3 Å². The van der Waals surface area contributed by atoms with Gasteiger partial charge in [0.2, 0.25) is 11.5 Å². The van der Waals surface area contributed by atoms with E-state index in [1.54, 1.807) is 10.9 Å². The second kappa shape index (κ2) is 10.5. The van der Waals surface area contributed by atoms with E-state index in [4.69, 9.17) is 33.7 Å². The van der Waals surface area contributed by atoms with Gasteiger partial charge in [-0.15, -0.1) is 0 Å². The second-order valence-corrected chi connectivity index (χ2v) is 12.1. The number of aromatic nitrogens is 3. The number of amides is 2. The Labute approximate surface area is 261 Å². The molecule has 1 aliphatic heterocycles. The van der Waals surface area contributed by atoms with Crippen molar-refractivity contribution in [3.05, 3.63) is 75.0 Å². The highest BCUT2D eigenvalue weighted by atomic mass is 35.5. The Morgan fingerprint density at radius 1 is 1.13 bits per heavy atom. The maximum absolute atomic E-state index is 15.0. The summed E-state index contributed by atoms with van der Waals surface area (Å²) in [4.78, 5) is 29.4. The van der Waals surface area contributed by atoms with E-state index in [1.807, 2.05) is 0 Å². The van der Waals surface area contributed by atoms with Gasteiger partial charge in [0.25, 0.3) is 5.91 Å². The molecular weight excluding hydrogens is 648 g/mol. The molecule has 1 fully saturated rings. The number of nitrogens with one attached hydrogen (secondary N) is 1. The van der Waals surface area contributed by atoms with E-state index >= 15 is 0 Å². The van der Waals surface area contributed by atoms with Gasteiger partial charge in [0.1, 0.15) is 40.6 Å². The van der Waals surface area contributed by atoms with Crippen LogP contribution in [0.1, 0.15) is 47.4 Å². The van der Waals surface area contributed by atoms with Gasteiger partial charge in [0, 0.05) is 34.3 Å². The first-order valence-corrected chi connectivity index (χ1v) is 14.2. The van der Waals surface area contributed by atoms with Crippen LogP contribution in [0.2, 0.25) is 10.0 Å². The van der Waals surface area contributed by atoms with Crippen LogP contribution in [0.4, 0.5) is 22.0 Å². The third-order valence-electron chi connectivity index (χ3n) is 8.04. The van der Waals surface area contributed by atoms with Crippen molar-refractivity contribution in [3.63, 3.8) is 0 Å². The van der Waals surface area contributed by atoms with Gasteiger partial charge in [-0.25, -0.2) is 13.8 Å². The average molecular weight is 670 g/mol. The molecule has 236 valence electrons. The Bertz CT molecular complexity index is 1910. The molecule has 3 heterocycles. The molecule has 0 spiro atoms. The zero-order chi connectivity index (χ0) is 32.6. The monoisotopic (exact) mass is 669 g/mol. The number of pyridine rings is 1. The number of hydrogen-bond acceptors (Lipinski definition) is 6. The molecule has 1 aliphatic carbocycles. The third-order valence-corrected chi connectivity index (χ3v) is 8.62. The summed E-state index contributed by atoms with van der Waals surface area (Å²) in [6, 6.07) is 4.78. The zero-order valence-electron chi connectivity index (χ0n) is 23.1. The largest absolute Gasteiger partial charge is 0.489 e. The number of rotatable bonds is 7. The Balaban J connectivity index is 1.42. The topological polar surface area (TPSA) is 132 Å². The van der Waals surface area contributed by atoms with Crippen LogP contribution in [0.25, 0.3) is 22.2 Å². The van der Waals surface area contributed by atoms with Crippen molar-refractivity contribution < 1.29 is 41.4 Å². The first-order chi connectivity index (χ1) is 21.0. The lowest BCUT2D eigenvalue weighted by Crippen LogP contribution is -2.51. The summed E-state index contributed by atoms with van der Waals surface area (Å²) in [5.41, 5.74) is -2.31. The fourth-order valence-electron chi connectivity index (χ4n) is 5.10. The number of ether oxygens (including phenoxy) is 1. The average Bonchev–Trinajstić information content (AvgIpc) is 3.63. The number of carbonyl (C=O) groups is 2. The van der Waals surface area contributed by atoms with E-state index < -0.39 is 75.8 Å². The van der Waals surface area contributed by atoms with E-state index in [2.05, 4.69) is 15.4 Å². The van der Waals surface area contributed by atoms with Crippen molar-refractivity contribution in [2.75, 3.05) is 13.2 Å². The molecule has 45 heavy (non-hydrogen) atoms. The molecule has 1 saturated carbocycles. The van der Waals surface area contributed by atoms with Gasteiger partial charge < -0.3 is 20.9 Å². The van der Waals surface area contributed by atoms with E-state index in [-0.39, 0.29) is 27.9 Å². The zero-order valence-corrected chi connectivity index (χ0v) is 24.6. The SMILES string of the molecule is C[C@]1(C(N)=O)COc2c1cc(C(O)(CNC(=O)c1cc(Cl)c3nn(C4CC4)cc3c1)C(F)(F)F)nc2-c1cc(Cl)c(F)cc1F. The van der Waals surface area contributed by atoms with Gasteiger partial charge in [-0.05, 0) is 44.0 Å². The fourth-order valence-corrected chi connectivity index (χ4v) is 5.53. The number of carbonyl (C=O) groups excluding carboxylic acids is 2. The number of primary amides is 1. The molecule has 2 atom stereocenters. The number of nitrogens with zero attached hydrogens (tertiary/aromatic N) is 3. The van der Waals surface area contributed by atoms with Crippen molar-refractivity contribution in [3.8, 4) is 17.0 Å². The minimum absolute atomic E-state index is 0.0961. The van der Waals surface area contributed by atoms with Gasteiger partial charge >= 0.3 is 6.18 Å². The van der Waals surface area contributed by atoms with E-state index in [1.165, 1.54) is 19.1 Å². The molecule has 0 saturated heterocycles. The van der Waals surface area contributed by atoms with Crippen molar-refractivity contribution in [1.82, 2.24) is 20.1 Å². The molecule has 0 radical (unpaired) electrons. The molecule has 16 heteroatoms. The molecule has 2 aromatic carbocycles. The highest BCUT2D eigenvalue weighted by Crippen LogP contribution is 2.48. The third kappa shape index (κ3) is 5.14. The summed E-state index contributed by atoms with van der Waals surface area (Å²) in [7, 11) is 0. The lowest BCUT2D eigenvalue weighted by Gasteiger charge is -2.31. The summed E-state index contributed by atoms with van der Waals surface area (Å²) in [6.07, 6.45) is -1.94. The van der Waals surface area contributed by atoms with Crippen molar-refractivity contribution in [2.45, 2.75) is 43.0 Å². The van der Waals surface area contributed by atoms with E-state index in [0.29, 0.717) is 17.0 Å². The second-order valence-electron chi connectivity index (χ2n) is 11.2. The molecule has 4 aromatic rings. The Kier molecular flexibility index (Phi) is 7.25. The number of nitrogens with two attached hydrogens (primary N) is 1. The van der Waals surface area contributed by atoms with Crippen LogP contribution in [-0.4, -0.2) is 51.0 Å². The molecule has 2 aliphatic rings. The standard InChI is InChI=1S/C29H22Cl2F5N5O4/c1-27(26(37)43)11-45-24-16(27)7-21(39-23(24)15-6-17(30)20(33)8-19(15)32)28(44,29(34,35)36)10-38-25(42)12-4-13-9-41(14-2-3-14)40-22(13)18(31)5-12/h4-9,14,44H,2-3,10-11H2,1H3,(H2,37,43)(H,38,42)/t27-,28?/m0/s1. The molecule has 0 bridgehead atoms.